The Morgan fingerprint density at radius 1 is 1.02 bits per heavy atom. The fraction of sp³-hybridized carbons (Fsp3) is 0.429. The predicted molar refractivity (Wildman–Crippen MR) is 152 cm³/mol. The zero-order valence-electron chi connectivity index (χ0n) is 23.1. The Morgan fingerprint density at radius 2 is 1.80 bits per heavy atom. The second-order valence-corrected chi connectivity index (χ2v) is 12.5. The number of fused-ring (bicyclic) bond motifs is 1. The standard InChI is InChI=1S/C28H31N7O5S/c1-39-21-6-4-5-20(21)35-26-19(14-30-24(34-26)22-23(17-9-10-17)31-15-32-27(22)40-2)33-25(28(35)36)29-13-16-7-11-18(12-8-16)41(3,37)38/h7-8,11-12,14-15,17,20-21H,4-6,9-10,13H2,1-3H3,(H,29,33). The van der Waals surface area contributed by atoms with Gasteiger partial charge >= 0.3 is 0 Å². The first-order chi connectivity index (χ1) is 19.8. The SMILES string of the molecule is COc1ncnc(C2CC2)c1-c1ncc2nc(NCc3ccc(S(C)(=O)=O)cc3)c(=O)n(C3CCCC3OC)c2n1. The summed E-state index contributed by atoms with van der Waals surface area (Å²) in [5.74, 6) is 1.22. The number of hydrogen-bond donors (Lipinski definition) is 1. The van der Waals surface area contributed by atoms with Crippen molar-refractivity contribution in [3.05, 3.63) is 58.4 Å². The van der Waals surface area contributed by atoms with E-state index < -0.39 is 9.84 Å². The molecule has 12 nitrogen and oxygen atoms in total. The summed E-state index contributed by atoms with van der Waals surface area (Å²) in [5, 5.41) is 3.14. The number of sulfone groups is 1. The number of hydrogen-bond acceptors (Lipinski definition) is 11. The smallest absolute Gasteiger partial charge is 0.295 e. The molecule has 0 amide bonds. The molecule has 2 fully saturated rings. The van der Waals surface area contributed by atoms with Crippen LogP contribution < -0.4 is 15.6 Å². The molecule has 2 unspecified atom stereocenters. The van der Waals surface area contributed by atoms with E-state index in [1.807, 2.05) is 0 Å². The van der Waals surface area contributed by atoms with E-state index in [1.165, 1.54) is 12.6 Å². The lowest BCUT2D eigenvalue weighted by Crippen LogP contribution is -2.33. The molecule has 1 N–H and O–H groups in total. The van der Waals surface area contributed by atoms with Crippen LogP contribution in [0.4, 0.5) is 5.82 Å². The Labute approximate surface area is 237 Å². The minimum absolute atomic E-state index is 0.148. The van der Waals surface area contributed by atoms with Crippen LogP contribution >= 0.6 is 0 Å². The largest absolute Gasteiger partial charge is 0.480 e. The molecule has 0 bridgehead atoms. The van der Waals surface area contributed by atoms with E-state index in [4.69, 9.17) is 14.5 Å². The molecule has 3 aromatic heterocycles. The predicted octanol–water partition coefficient (Wildman–Crippen LogP) is 3.29. The maximum atomic E-state index is 14.0. The van der Waals surface area contributed by atoms with Crippen molar-refractivity contribution in [2.75, 3.05) is 25.8 Å². The summed E-state index contributed by atoms with van der Waals surface area (Å²) in [6.45, 7) is 0.276. The summed E-state index contributed by atoms with van der Waals surface area (Å²) in [4.78, 5) is 37.1. The molecule has 4 aromatic rings. The van der Waals surface area contributed by atoms with Gasteiger partial charge in [0.05, 0.1) is 36.0 Å². The zero-order valence-corrected chi connectivity index (χ0v) is 23.9. The van der Waals surface area contributed by atoms with Crippen LogP contribution in [-0.4, -0.2) is 64.5 Å². The molecule has 2 aliphatic rings. The Morgan fingerprint density at radius 3 is 2.49 bits per heavy atom. The van der Waals surface area contributed by atoms with Crippen LogP contribution in [0.1, 0.15) is 55.3 Å². The fourth-order valence-electron chi connectivity index (χ4n) is 5.47. The lowest BCUT2D eigenvalue weighted by Gasteiger charge is -2.23. The van der Waals surface area contributed by atoms with E-state index in [0.29, 0.717) is 34.3 Å². The van der Waals surface area contributed by atoms with Crippen LogP contribution in [0.2, 0.25) is 0 Å². The molecule has 1 aromatic carbocycles. The Hall–Kier alpha value is -3.97. The fourth-order valence-corrected chi connectivity index (χ4v) is 6.11. The first-order valence-corrected chi connectivity index (χ1v) is 15.4. The molecule has 2 aliphatic carbocycles. The van der Waals surface area contributed by atoms with Gasteiger partial charge in [-0.3, -0.25) is 9.36 Å². The maximum absolute atomic E-state index is 14.0. The lowest BCUT2D eigenvalue weighted by atomic mass is 10.1. The third-order valence-electron chi connectivity index (χ3n) is 7.72. The number of ether oxygens (including phenoxy) is 2. The van der Waals surface area contributed by atoms with Gasteiger partial charge in [-0.2, -0.15) is 0 Å². The Balaban J connectivity index is 1.44. The molecule has 0 aliphatic heterocycles. The number of methoxy groups -OCH3 is 2. The second-order valence-electron chi connectivity index (χ2n) is 10.5. The number of nitrogens with zero attached hydrogens (tertiary/aromatic N) is 6. The lowest BCUT2D eigenvalue weighted by molar-refractivity contribution is 0.0751. The first kappa shape index (κ1) is 27.2. The monoisotopic (exact) mass is 577 g/mol. The van der Waals surface area contributed by atoms with Crippen molar-refractivity contribution >= 4 is 26.8 Å². The van der Waals surface area contributed by atoms with Gasteiger partial charge in [0.2, 0.25) is 5.88 Å². The number of aromatic nitrogens is 6. The molecule has 41 heavy (non-hydrogen) atoms. The molecule has 2 atom stereocenters. The van der Waals surface area contributed by atoms with Crippen molar-refractivity contribution in [3.8, 4) is 17.3 Å². The van der Waals surface area contributed by atoms with Crippen molar-refractivity contribution in [3.63, 3.8) is 0 Å². The quantitative estimate of drug-likeness (QED) is 0.312. The molecule has 13 heteroatoms. The molecule has 0 saturated heterocycles. The van der Waals surface area contributed by atoms with Gasteiger partial charge in [0.15, 0.2) is 27.1 Å². The highest BCUT2D eigenvalue weighted by atomic mass is 32.2. The zero-order chi connectivity index (χ0) is 28.7. The van der Waals surface area contributed by atoms with E-state index in [-0.39, 0.29) is 35.0 Å². The molecule has 6 rings (SSSR count). The molecule has 0 spiro atoms. The van der Waals surface area contributed by atoms with Crippen molar-refractivity contribution in [2.45, 2.75) is 61.6 Å². The summed E-state index contributed by atoms with van der Waals surface area (Å²) >= 11 is 0. The number of anilines is 1. The van der Waals surface area contributed by atoms with Gasteiger partial charge in [0.25, 0.3) is 5.56 Å². The Bertz CT molecular complexity index is 1770. The van der Waals surface area contributed by atoms with Gasteiger partial charge in [0, 0.05) is 25.8 Å². The van der Waals surface area contributed by atoms with E-state index in [0.717, 1.165) is 43.4 Å². The van der Waals surface area contributed by atoms with Crippen LogP contribution in [-0.2, 0) is 21.1 Å². The van der Waals surface area contributed by atoms with Gasteiger partial charge in [0.1, 0.15) is 17.4 Å². The van der Waals surface area contributed by atoms with E-state index in [9.17, 15) is 13.2 Å². The maximum Gasteiger partial charge on any atom is 0.295 e. The van der Waals surface area contributed by atoms with Crippen molar-refractivity contribution in [2.24, 2.45) is 0 Å². The highest BCUT2D eigenvalue weighted by Gasteiger charge is 2.34. The number of rotatable bonds is 9. The molecule has 214 valence electrons. The molecular weight excluding hydrogens is 546 g/mol. The molecule has 2 saturated carbocycles. The first-order valence-electron chi connectivity index (χ1n) is 13.5. The summed E-state index contributed by atoms with van der Waals surface area (Å²) in [6.07, 6.45) is 8.67. The van der Waals surface area contributed by atoms with Gasteiger partial charge in [-0.25, -0.2) is 33.3 Å². The average molecular weight is 578 g/mol. The van der Waals surface area contributed by atoms with E-state index in [2.05, 4.69) is 25.3 Å². The van der Waals surface area contributed by atoms with Crippen molar-refractivity contribution in [1.29, 1.82) is 0 Å². The van der Waals surface area contributed by atoms with Crippen LogP contribution in [0.25, 0.3) is 22.6 Å². The summed E-state index contributed by atoms with van der Waals surface area (Å²) in [6, 6.07) is 6.29. The average Bonchev–Trinajstić information content (AvgIpc) is 3.72. The second kappa shape index (κ2) is 10.8. The van der Waals surface area contributed by atoms with Gasteiger partial charge < -0.3 is 14.8 Å². The summed E-state index contributed by atoms with van der Waals surface area (Å²) in [5.41, 5.74) is 2.82. The topological polar surface area (TPSA) is 151 Å². The van der Waals surface area contributed by atoms with Crippen LogP contribution in [0.3, 0.4) is 0 Å². The number of benzene rings is 1. The van der Waals surface area contributed by atoms with Crippen molar-refractivity contribution < 1.29 is 17.9 Å². The summed E-state index contributed by atoms with van der Waals surface area (Å²) in [7, 11) is -0.0916. The third kappa shape index (κ3) is 5.26. The van der Waals surface area contributed by atoms with Crippen molar-refractivity contribution in [1.82, 2.24) is 29.5 Å². The molecule has 3 heterocycles. The van der Waals surface area contributed by atoms with Gasteiger partial charge in [-0.05, 0) is 49.8 Å². The highest BCUT2D eigenvalue weighted by Crippen LogP contribution is 2.45. The molecule has 0 radical (unpaired) electrons. The summed E-state index contributed by atoms with van der Waals surface area (Å²) < 4.78 is 36.6. The van der Waals surface area contributed by atoms with E-state index in [1.54, 1.807) is 49.2 Å². The van der Waals surface area contributed by atoms with Crippen LogP contribution in [0, 0.1) is 0 Å². The van der Waals surface area contributed by atoms with Gasteiger partial charge in [-0.15, -0.1) is 0 Å². The highest BCUT2D eigenvalue weighted by molar-refractivity contribution is 7.90. The normalized spacial score (nSPS) is 19.0. The third-order valence-corrected chi connectivity index (χ3v) is 8.85. The van der Waals surface area contributed by atoms with Crippen LogP contribution in [0.15, 0.2) is 46.5 Å². The minimum atomic E-state index is -3.30. The van der Waals surface area contributed by atoms with Crippen LogP contribution in [0.5, 0.6) is 5.88 Å². The molecular formula is C28H31N7O5S. The Kier molecular flexibility index (Phi) is 7.16. The number of nitrogens with one attached hydrogen (secondary N) is 1. The van der Waals surface area contributed by atoms with E-state index >= 15 is 0 Å². The minimum Gasteiger partial charge on any atom is -0.480 e. The van der Waals surface area contributed by atoms with Gasteiger partial charge in [-0.1, -0.05) is 12.1 Å².